The Hall–Kier alpha value is -3.23. The molecule has 7 atom stereocenters. The van der Waals surface area contributed by atoms with E-state index in [1.807, 2.05) is 44.2 Å². The number of carbonyl (C=O) groups excluding carboxylic acids is 5. The second-order valence-electron chi connectivity index (χ2n) is 10.7. The van der Waals surface area contributed by atoms with Crippen molar-refractivity contribution >= 4 is 29.6 Å². The Morgan fingerprint density at radius 3 is 2.44 bits per heavy atom. The lowest BCUT2D eigenvalue weighted by Crippen LogP contribution is -2.66. The molecule has 9 nitrogen and oxygen atoms in total. The molecule has 1 saturated heterocycles. The molecule has 1 aliphatic heterocycles. The highest BCUT2D eigenvalue weighted by Crippen LogP contribution is 2.64. The summed E-state index contributed by atoms with van der Waals surface area (Å²) in [5, 5.41) is 2.82. The van der Waals surface area contributed by atoms with E-state index in [1.54, 1.807) is 0 Å². The molecule has 0 radical (unpaired) electrons. The Bertz CT molecular complexity index is 1070. The minimum atomic E-state index is -1.12. The normalized spacial score (nSPS) is 35.5. The van der Waals surface area contributed by atoms with E-state index in [1.165, 1.54) is 14.0 Å². The first-order valence-electron chi connectivity index (χ1n) is 12.3. The number of rotatable bonds is 5. The van der Waals surface area contributed by atoms with Crippen LogP contribution in [0.2, 0.25) is 0 Å². The van der Waals surface area contributed by atoms with Crippen LogP contribution >= 0.6 is 0 Å². The number of ketones is 1. The van der Waals surface area contributed by atoms with E-state index in [0.29, 0.717) is 12.8 Å². The van der Waals surface area contributed by atoms with Crippen molar-refractivity contribution in [3.8, 4) is 0 Å². The summed E-state index contributed by atoms with van der Waals surface area (Å²) in [6.07, 6.45) is -1.21. The molecule has 3 fully saturated rings. The van der Waals surface area contributed by atoms with Crippen LogP contribution in [0, 0.1) is 28.6 Å². The third-order valence-electron chi connectivity index (χ3n) is 8.50. The van der Waals surface area contributed by atoms with E-state index in [0.717, 1.165) is 5.56 Å². The van der Waals surface area contributed by atoms with E-state index in [-0.39, 0.29) is 25.2 Å². The van der Waals surface area contributed by atoms with Crippen LogP contribution < -0.4 is 5.32 Å². The van der Waals surface area contributed by atoms with Gasteiger partial charge in [0.25, 0.3) is 5.91 Å². The second kappa shape index (κ2) is 9.67. The summed E-state index contributed by atoms with van der Waals surface area (Å²) in [4.78, 5) is 64.7. The molecular weight excluding hydrogens is 466 g/mol. The van der Waals surface area contributed by atoms with Gasteiger partial charge in [0.1, 0.15) is 0 Å². The standard InChI is InChI=1S/C27H33NO8/c1-15(29)35-19-12-18(24(32)34-4)26(2)11-10-17-25(33)36-20(13-27(17,3)22(26)21(19)30)23(31)28-14-16-8-6-5-7-9-16/h5-9,17-20,22H,10-14H2,1-4H3,(H,28,31)/t17-,18-,19-,20-,22-,26-,27-/m0/s1. The van der Waals surface area contributed by atoms with Crippen LogP contribution in [-0.4, -0.2) is 48.9 Å². The molecule has 1 amide bonds. The monoisotopic (exact) mass is 499 g/mol. The van der Waals surface area contributed by atoms with Gasteiger partial charge < -0.3 is 19.5 Å². The number of nitrogens with one attached hydrogen (secondary N) is 1. The highest BCUT2D eigenvalue weighted by molar-refractivity contribution is 5.94. The number of fused-ring (bicyclic) bond motifs is 3. The zero-order chi connectivity index (χ0) is 26.3. The van der Waals surface area contributed by atoms with Crippen molar-refractivity contribution in [3.05, 3.63) is 35.9 Å². The summed E-state index contributed by atoms with van der Waals surface area (Å²) < 4.78 is 16.0. The smallest absolute Gasteiger partial charge is 0.310 e. The van der Waals surface area contributed by atoms with Crippen LogP contribution in [0.5, 0.6) is 0 Å². The third-order valence-corrected chi connectivity index (χ3v) is 8.50. The van der Waals surface area contributed by atoms with Crippen molar-refractivity contribution in [1.29, 1.82) is 0 Å². The van der Waals surface area contributed by atoms with Crippen LogP contribution in [0.15, 0.2) is 30.3 Å². The number of hydrogen-bond acceptors (Lipinski definition) is 8. The fraction of sp³-hybridized carbons (Fsp3) is 0.593. The van der Waals surface area contributed by atoms with Crippen LogP contribution in [0.1, 0.15) is 52.0 Å². The predicted molar refractivity (Wildman–Crippen MR) is 126 cm³/mol. The van der Waals surface area contributed by atoms with E-state index < -0.39 is 64.6 Å². The summed E-state index contributed by atoms with van der Waals surface area (Å²) in [6.45, 7) is 5.17. The second-order valence-corrected chi connectivity index (χ2v) is 10.7. The molecule has 1 heterocycles. The molecule has 1 N–H and O–H groups in total. The highest BCUT2D eigenvalue weighted by atomic mass is 16.6. The molecule has 3 aliphatic rings. The molecule has 0 bridgehead atoms. The van der Waals surface area contributed by atoms with Gasteiger partial charge in [-0.1, -0.05) is 44.2 Å². The van der Waals surface area contributed by atoms with E-state index >= 15 is 0 Å². The molecule has 0 spiro atoms. The molecule has 1 aromatic rings. The molecule has 1 aromatic carbocycles. The number of methoxy groups -OCH3 is 1. The quantitative estimate of drug-likeness (QED) is 0.484. The minimum Gasteiger partial charge on any atom is -0.469 e. The molecule has 194 valence electrons. The first-order chi connectivity index (χ1) is 17.0. The molecule has 9 heteroatoms. The van der Waals surface area contributed by atoms with Gasteiger partial charge in [-0.15, -0.1) is 0 Å². The Kier molecular flexibility index (Phi) is 6.94. The SMILES string of the molecule is COC(=O)[C@@H]1C[C@H](OC(C)=O)C(=O)[C@H]2[C@@]1(C)CC[C@H]1C(=O)O[C@H](C(=O)NCc3ccccc3)C[C@]21C. The molecule has 4 rings (SSSR count). The summed E-state index contributed by atoms with van der Waals surface area (Å²) in [6, 6.07) is 9.35. The Labute approximate surface area is 210 Å². The Morgan fingerprint density at radius 1 is 1.11 bits per heavy atom. The molecule has 36 heavy (non-hydrogen) atoms. The first kappa shape index (κ1) is 25.9. The number of cyclic esters (lactones) is 1. The van der Waals surface area contributed by atoms with Crippen LogP contribution in [-0.2, 0) is 44.7 Å². The molecule has 2 saturated carbocycles. The largest absolute Gasteiger partial charge is 0.469 e. The van der Waals surface area contributed by atoms with Gasteiger partial charge in [0, 0.05) is 32.2 Å². The fourth-order valence-corrected chi connectivity index (χ4v) is 6.86. The maximum atomic E-state index is 13.8. The fourth-order valence-electron chi connectivity index (χ4n) is 6.86. The predicted octanol–water partition coefficient (Wildman–Crippen LogP) is 2.35. The Balaban J connectivity index is 1.66. The summed E-state index contributed by atoms with van der Waals surface area (Å²) >= 11 is 0. The third kappa shape index (κ3) is 4.40. The number of benzene rings is 1. The van der Waals surface area contributed by atoms with Gasteiger partial charge in [-0.05, 0) is 29.2 Å². The number of hydrogen-bond donors (Lipinski definition) is 1. The first-order valence-corrected chi connectivity index (χ1v) is 12.3. The molecular formula is C27H33NO8. The summed E-state index contributed by atoms with van der Waals surface area (Å²) in [7, 11) is 1.29. The lowest BCUT2D eigenvalue weighted by Gasteiger charge is -2.60. The van der Waals surface area contributed by atoms with Gasteiger partial charge in [0.2, 0.25) is 0 Å². The number of amides is 1. The average molecular weight is 500 g/mol. The van der Waals surface area contributed by atoms with Gasteiger partial charge in [-0.3, -0.25) is 24.0 Å². The van der Waals surface area contributed by atoms with Gasteiger partial charge in [-0.25, -0.2) is 0 Å². The minimum absolute atomic E-state index is 0.0320. The van der Waals surface area contributed by atoms with Crippen LogP contribution in [0.3, 0.4) is 0 Å². The summed E-state index contributed by atoms with van der Waals surface area (Å²) in [5.74, 6) is -4.51. The van der Waals surface area contributed by atoms with Crippen molar-refractivity contribution in [2.75, 3.05) is 7.11 Å². The topological polar surface area (TPSA) is 125 Å². The zero-order valence-electron chi connectivity index (χ0n) is 21.1. The van der Waals surface area contributed by atoms with Gasteiger partial charge in [0.15, 0.2) is 18.0 Å². The van der Waals surface area contributed by atoms with Crippen molar-refractivity contribution in [1.82, 2.24) is 5.32 Å². The van der Waals surface area contributed by atoms with Crippen molar-refractivity contribution in [2.45, 2.75) is 65.2 Å². The maximum Gasteiger partial charge on any atom is 0.310 e. The van der Waals surface area contributed by atoms with E-state index in [2.05, 4.69) is 5.32 Å². The van der Waals surface area contributed by atoms with E-state index in [9.17, 15) is 24.0 Å². The summed E-state index contributed by atoms with van der Waals surface area (Å²) in [5.41, 5.74) is -0.900. The highest BCUT2D eigenvalue weighted by Gasteiger charge is 2.68. The lowest BCUT2D eigenvalue weighted by atomic mass is 9.43. The zero-order valence-corrected chi connectivity index (χ0v) is 21.1. The van der Waals surface area contributed by atoms with Crippen molar-refractivity contribution < 1.29 is 38.2 Å². The number of Topliss-reactive ketones (excluding diaryl/α,β-unsaturated/α-hetero) is 1. The molecule has 0 aromatic heterocycles. The maximum absolute atomic E-state index is 13.8. The van der Waals surface area contributed by atoms with Crippen molar-refractivity contribution in [3.63, 3.8) is 0 Å². The molecule has 2 aliphatic carbocycles. The van der Waals surface area contributed by atoms with E-state index in [4.69, 9.17) is 14.2 Å². The average Bonchev–Trinajstić information content (AvgIpc) is 2.83. The van der Waals surface area contributed by atoms with Gasteiger partial charge in [-0.2, -0.15) is 0 Å². The number of esters is 3. The van der Waals surface area contributed by atoms with Crippen molar-refractivity contribution in [2.24, 2.45) is 28.6 Å². The van der Waals surface area contributed by atoms with Crippen LogP contribution in [0.25, 0.3) is 0 Å². The lowest BCUT2D eigenvalue weighted by molar-refractivity contribution is -0.210. The van der Waals surface area contributed by atoms with Gasteiger partial charge >= 0.3 is 17.9 Å². The van der Waals surface area contributed by atoms with Gasteiger partial charge in [0.05, 0.1) is 18.9 Å². The number of carbonyl (C=O) groups is 5. The number of ether oxygens (including phenoxy) is 3. The van der Waals surface area contributed by atoms with Crippen LogP contribution in [0.4, 0.5) is 0 Å². The Morgan fingerprint density at radius 2 is 1.81 bits per heavy atom. The molecule has 0 unspecified atom stereocenters.